The van der Waals surface area contributed by atoms with Crippen LogP contribution in [0.1, 0.15) is 44.8 Å². The third kappa shape index (κ3) is 2.36. The van der Waals surface area contributed by atoms with Gasteiger partial charge in [-0.2, -0.15) is 5.10 Å². The Kier molecular flexibility index (Phi) is 3.38. The van der Waals surface area contributed by atoms with E-state index in [0.717, 1.165) is 42.6 Å². The molecule has 1 unspecified atom stereocenters. The minimum Gasteiger partial charge on any atom is -0.486 e. The van der Waals surface area contributed by atoms with E-state index in [2.05, 4.69) is 21.0 Å². The molecule has 94 valence electrons. The van der Waals surface area contributed by atoms with Crippen LogP contribution in [-0.2, 0) is 4.74 Å². The zero-order valence-electron chi connectivity index (χ0n) is 9.77. The van der Waals surface area contributed by atoms with E-state index >= 15 is 0 Å². The number of aromatic nitrogens is 2. The van der Waals surface area contributed by atoms with Gasteiger partial charge in [0.25, 0.3) is 0 Å². The fourth-order valence-electron chi connectivity index (χ4n) is 2.55. The Morgan fingerprint density at radius 1 is 1.29 bits per heavy atom. The molecular weight excluding hydrogens is 284 g/mol. The first-order valence-corrected chi connectivity index (χ1v) is 7.15. The number of halogens is 1. The van der Waals surface area contributed by atoms with E-state index in [0.29, 0.717) is 6.10 Å². The zero-order chi connectivity index (χ0) is 11.7. The molecule has 1 aromatic rings. The fraction of sp³-hybridized carbons (Fsp3) is 0.750. The van der Waals surface area contributed by atoms with E-state index in [4.69, 9.17) is 9.47 Å². The van der Waals surface area contributed by atoms with Crippen LogP contribution in [0.2, 0.25) is 0 Å². The number of hydrogen-bond acceptors (Lipinski definition) is 3. The van der Waals surface area contributed by atoms with Crippen molar-refractivity contribution in [3.05, 3.63) is 10.8 Å². The first-order chi connectivity index (χ1) is 8.34. The lowest BCUT2D eigenvalue weighted by Crippen LogP contribution is -2.12. The van der Waals surface area contributed by atoms with Crippen LogP contribution in [0, 0.1) is 0 Å². The molecule has 1 saturated heterocycles. The highest BCUT2D eigenvalue weighted by molar-refractivity contribution is 9.10. The summed E-state index contributed by atoms with van der Waals surface area (Å²) in [5.74, 6) is 0.854. The number of rotatable bonds is 3. The highest BCUT2D eigenvalue weighted by Gasteiger charge is 2.24. The molecule has 1 atom stereocenters. The summed E-state index contributed by atoms with van der Waals surface area (Å²) in [7, 11) is 0. The fourth-order valence-corrected chi connectivity index (χ4v) is 3.07. The summed E-state index contributed by atoms with van der Waals surface area (Å²) in [6.07, 6.45) is 9.27. The largest absolute Gasteiger partial charge is 0.486 e. The van der Waals surface area contributed by atoms with Gasteiger partial charge in [-0.05, 0) is 54.5 Å². The second kappa shape index (κ2) is 4.98. The first kappa shape index (κ1) is 11.5. The molecule has 17 heavy (non-hydrogen) atoms. The first-order valence-electron chi connectivity index (χ1n) is 6.36. The van der Waals surface area contributed by atoms with E-state index in [1.54, 1.807) is 6.20 Å². The SMILES string of the molecule is Brc1c(OC2CCCC2)cnn1C1CCCO1. The Morgan fingerprint density at radius 3 is 2.82 bits per heavy atom. The van der Waals surface area contributed by atoms with Crippen molar-refractivity contribution < 1.29 is 9.47 Å². The van der Waals surface area contributed by atoms with Gasteiger partial charge < -0.3 is 9.47 Å². The maximum atomic E-state index is 5.96. The Balaban J connectivity index is 1.72. The van der Waals surface area contributed by atoms with Crippen molar-refractivity contribution in [1.82, 2.24) is 9.78 Å². The summed E-state index contributed by atoms with van der Waals surface area (Å²) in [6, 6.07) is 0. The number of ether oxygens (including phenoxy) is 2. The van der Waals surface area contributed by atoms with Crippen molar-refractivity contribution in [3.8, 4) is 5.75 Å². The van der Waals surface area contributed by atoms with E-state index in [1.807, 2.05) is 4.68 Å². The topological polar surface area (TPSA) is 36.3 Å². The lowest BCUT2D eigenvalue weighted by molar-refractivity contribution is 0.0444. The monoisotopic (exact) mass is 300 g/mol. The summed E-state index contributed by atoms with van der Waals surface area (Å²) in [5, 5.41) is 4.36. The molecule has 1 aliphatic heterocycles. The average Bonchev–Trinajstić information content (AvgIpc) is 3.03. The van der Waals surface area contributed by atoms with Crippen molar-refractivity contribution in [2.45, 2.75) is 50.9 Å². The molecule has 0 bridgehead atoms. The molecule has 0 amide bonds. The highest BCUT2D eigenvalue weighted by Crippen LogP contribution is 2.34. The minimum absolute atomic E-state index is 0.0744. The Labute approximate surface area is 109 Å². The van der Waals surface area contributed by atoms with Gasteiger partial charge in [0.2, 0.25) is 0 Å². The smallest absolute Gasteiger partial charge is 0.172 e. The Bertz CT molecular complexity index is 382. The summed E-state index contributed by atoms with van der Waals surface area (Å²) < 4.78 is 14.4. The third-order valence-electron chi connectivity index (χ3n) is 3.48. The zero-order valence-corrected chi connectivity index (χ0v) is 11.4. The molecule has 3 rings (SSSR count). The average molecular weight is 301 g/mol. The van der Waals surface area contributed by atoms with Crippen LogP contribution < -0.4 is 4.74 Å². The molecule has 0 aromatic carbocycles. The quantitative estimate of drug-likeness (QED) is 0.859. The van der Waals surface area contributed by atoms with Crippen LogP contribution in [0.3, 0.4) is 0 Å². The second-order valence-corrected chi connectivity index (χ2v) is 5.49. The van der Waals surface area contributed by atoms with Crippen LogP contribution in [0.5, 0.6) is 5.75 Å². The summed E-state index contributed by atoms with van der Waals surface area (Å²) >= 11 is 3.56. The van der Waals surface area contributed by atoms with Crippen molar-refractivity contribution in [2.24, 2.45) is 0 Å². The lowest BCUT2D eigenvalue weighted by atomic mass is 10.3. The molecule has 4 nitrogen and oxygen atoms in total. The Morgan fingerprint density at radius 2 is 2.12 bits per heavy atom. The maximum absolute atomic E-state index is 5.96. The van der Waals surface area contributed by atoms with Gasteiger partial charge in [0, 0.05) is 6.61 Å². The summed E-state index contributed by atoms with van der Waals surface area (Å²) in [5.41, 5.74) is 0. The highest BCUT2D eigenvalue weighted by atomic mass is 79.9. The molecule has 0 radical (unpaired) electrons. The molecule has 5 heteroatoms. The van der Waals surface area contributed by atoms with E-state index < -0.39 is 0 Å². The van der Waals surface area contributed by atoms with Gasteiger partial charge in [0.1, 0.15) is 4.60 Å². The predicted octanol–water partition coefficient (Wildman–Crippen LogP) is 3.28. The maximum Gasteiger partial charge on any atom is 0.172 e. The molecule has 0 N–H and O–H groups in total. The van der Waals surface area contributed by atoms with E-state index in [-0.39, 0.29) is 6.23 Å². The van der Waals surface area contributed by atoms with Gasteiger partial charge in [-0.1, -0.05) is 0 Å². The Hall–Kier alpha value is -0.550. The molecule has 2 aliphatic rings. The van der Waals surface area contributed by atoms with Crippen molar-refractivity contribution in [2.75, 3.05) is 6.61 Å². The van der Waals surface area contributed by atoms with Gasteiger partial charge in [-0.15, -0.1) is 0 Å². The van der Waals surface area contributed by atoms with Gasteiger partial charge in [0.05, 0.1) is 12.3 Å². The molecule has 1 saturated carbocycles. The summed E-state index contributed by atoms with van der Waals surface area (Å²) in [6.45, 7) is 0.829. The normalized spacial score (nSPS) is 25.6. The number of nitrogens with zero attached hydrogens (tertiary/aromatic N) is 2. The van der Waals surface area contributed by atoms with Crippen molar-refractivity contribution >= 4 is 15.9 Å². The molecular formula is C12H17BrN2O2. The van der Waals surface area contributed by atoms with Gasteiger partial charge in [-0.3, -0.25) is 0 Å². The lowest BCUT2D eigenvalue weighted by Gasteiger charge is -2.13. The van der Waals surface area contributed by atoms with Crippen molar-refractivity contribution in [1.29, 1.82) is 0 Å². The van der Waals surface area contributed by atoms with Crippen LogP contribution in [0.25, 0.3) is 0 Å². The van der Waals surface area contributed by atoms with Crippen LogP contribution >= 0.6 is 15.9 Å². The molecule has 2 fully saturated rings. The summed E-state index contributed by atoms with van der Waals surface area (Å²) in [4.78, 5) is 0. The number of hydrogen-bond donors (Lipinski definition) is 0. The van der Waals surface area contributed by atoms with Crippen LogP contribution in [0.15, 0.2) is 10.8 Å². The van der Waals surface area contributed by atoms with Gasteiger partial charge >= 0.3 is 0 Å². The van der Waals surface area contributed by atoms with Crippen LogP contribution in [-0.4, -0.2) is 22.5 Å². The standard InChI is InChI=1S/C12H17BrN2O2/c13-12-10(17-9-4-1-2-5-9)8-14-15(12)11-6-3-7-16-11/h8-9,11H,1-7H2. The molecule has 2 heterocycles. The third-order valence-corrected chi connectivity index (χ3v) is 4.23. The molecule has 1 aromatic heterocycles. The van der Waals surface area contributed by atoms with Gasteiger partial charge in [0.15, 0.2) is 12.0 Å². The van der Waals surface area contributed by atoms with Gasteiger partial charge in [-0.25, -0.2) is 4.68 Å². The van der Waals surface area contributed by atoms with E-state index in [1.165, 1.54) is 12.8 Å². The molecule has 1 aliphatic carbocycles. The second-order valence-electron chi connectivity index (χ2n) is 4.74. The van der Waals surface area contributed by atoms with Crippen LogP contribution in [0.4, 0.5) is 0 Å². The predicted molar refractivity (Wildman–Crippen MR) is 67.0 cm³/mol. The minimum atomic E-state index is 0.0744. The molecule has 0 spiro atoms. The van der Waals surface area contributed by atoms with Crippen molar-refractivity contribution in [3.63, 3.8) is 0 Å². The van der Waals surface area contributed by atoms with E-state index in [9.17, 15) is 0 Å².